The van der Waals surface area contributed by atoms with Gasteiger partial charge in [0.15, 0.2) is 6.29 Å². The number of carbonyl (C=O) groups excluding carboxylic acids is 1. The number of aliphatic hydroxyl groups is 2. The highest BCUT2D eigenvalue weighted by Crippen LogP contribution is 2.37. The maximum Gasteiger partial charge on any atom is 0.217 e. The lowest BCUT2D eigenvalue weighted by Gasteiger charge is -2.42. The second-order valence-electron chi connectivity index (χ2n) is 5.78. The summed E-state index contributed by atoms with van der Waals surface area (Å²) in [6.07, 6.45) is 0.0723. The highest BCUT2D eigenvalue weighted by molar-refractivity contribution is 5.73. The summed E-state index contributed by atoms with van der Waals surface area (Å²) in [5.41, 5.74) is -1.05. The monoisotopic (exact) mass is 303 g/mol. The van der Waals surface area contributed by atoms with Crippen LogP contribution in [-0.4, -0.2) is 66.1 Å². The van der Waals surface area contributed by atoms with Gasteiger partial charge >= 0.3 is 0 Å². The summed E-state index contributed by atoms with van der Waals surface area (Å²) in [5.74, 6) is -0.311. The molecule has 122 valence electrons. The topological polar surface area (TPSA) is 97.2 Å². The molecule has 0 spiro atoms. The smallest absolute Gasteiger partial charge is 0.217 e. The summed E-state index contributed by atoms with van der Waals surface area (Å²) >= 11 is 0. The van der Waals surface area contributed by atoms with E-state index in [2.05, 4.69) is 12.2 Å². The fourth-order valence-electron chi connectivity index (χ4n) is 2.77. The van der Waals surface area contributed by atoms with Crippen LogP contribution in [0.2, 0.25) is 0 Å². The van der Waals surface area contributed by atoms with E-state index in [0.29, 0.717) is 6.61 Å². The molecule has 0 aromatic rings. The van der Waals surface area contributed by atoms with E-state index in [1.165, 1.54) is 6.92 Å². The van der Waals surface area contributed by atoms with Gasteiger partial charge in [-0.15, -0.1) is 0 Å². The van der Waals surface area contributed by atoms with E-state index in [1.807, 2.05) is 0 Å². The number of ether oxygens (including phenoxy) is 3. The molecule has 2 rings (SSSR count). The Morgan fingerprint density at radius 2 is 2.19 bits per heavy atom. The number of rotatable bonds is 7. The summed E-state index contributed by atoms with van der Waals surface area (Å²) < 4.78 is 16.8. The van der Waals surface area contributed by atoms with Gasteiger partial charge in [-0.05, 0) is 6.42 Å². The van der Waals surface area contributed by atoms with E-state index in [0.717, 1.165) is 19.3 Å². The first-order valence-electron chi connectivity index (χ1n) is 7.50. The van der Waals surface area contributed by atoms with E-state index >= 15 is 0 Å². The van der Waals surface area contributed by atoms with Crippen LogP contribution in [0, 0.1) is 0 Å². The second-order valence-corrected chi connectivity index (χ2v) is 5.78. The molecule has 2 heterocycles. The average molecular weight is 303 g/mol. The van der Waals surface area contributed by atoms with Gasteiger partial charge in [-0.2, -0.15) is 0 Å². The van der Waals surface area contributed by atoms with Crippen molar-refractivity contribution in [1.29, 1.82) is 0 Å². The third-order valence-electron chi connectivity index (χ3n) is 3.97. The Kier molecular flexibility index (Phi) is 5.56. The molecule has 3 N–H and O–H groups in total. The van der Waals surface area contributed by atoms with Crippen LogP contribution < -0.4 is 5.32 Å². The van der Waals surface area contributed by atoms with Crippen molar-refractivity contribution in [3.63, 3.8) is 0 Å². The van der Waals surface area contributed by atoms with Gasteiger partial charge in [0.25, 0.3) is 0 Å². The van der Waals surface area contributed by atoms with Crippen LogP contribution in [-0.2, 0) is 19.0 Å². The zero-order valence-electron chi connectivity index (χ0n) is 12.6. The van der Waals surface area contributed by atoms with Crippen molar-refractivity contribution >= 4 is 5.91 Å². The number of unbranched alkanes of at least 4 members (excludes halogenated alkanes) is 2. The minimum absolute atomic E-state index is 0.139. The van der Waals surface area contributed by atoms with Gasteiger partial charge < -0.3 is 29.7 Å². The SMILES string of the molecule is CCCCCOC[C@@]12CO[C@H](O1)[C@H](NC(C)=O)[C@@H](O)[C@H]2O. The molecule has 0 aromatic carbocycles. The molecular formula is C14H25NO6. The standard InChI is InChI=1S/C14H25NO6/c1-3-4-5-6-19-7-14-8-20-13(21-14)10(15-9(2)16)11(17)12(14)18/h10-13,17-18H,3-8H2,1-2H3,(H,15,16)/t10-,11-,12-,13-,14+/m1/s1. The Morgan fingerprint density at radius 3 is 2.86 bits per heavy atom. The number of hydrogen-bond acceptors (Lipinski definition) is 6. The molecule has 2 fully saturated rings. The highest BCUT2D eigenvalue weighted by atomic mass is 16.7. The first-order valence-corrected chi connectivity index (χ1v) is 7.50. The number of carbonyl (C=O) groups is 1. The Bertz CT molecular complexity index is 365. The van der Waals surface area contributed by atoms with Crippen molar-refractivity contribution in [2.24, 2.45) is 0 Å². The maximum absolute atomic E-state index is 11.2. The molecule has 2 saturated heterocycles. The minimum Gasteiger partial charge on any atom is -0.388 e. The number of hydrogen-bond donors (Lipinski definition) is 3. The van der Waals surface area contributed by atoms with E-state index in [1.54, 1.807) is 0 Å². The average Bonchev–Trinajstić information content (AvgIpc) is 2.84. The zero-order chi connectivity index (χ0) is 15.5. The predicted molar refractivity (Wildman–Crippen MR) is 73.5 cm³/mol. The van der Waals surface area contributed by atoms with E-state index in [9.17, 15) is 15.0 Å². The first-order chi connectivity index (χ1) is 10.00. The van der Waals surface area contributed by atoms with Crippen LogP contribution in [0.15, 0.2) is 0 Å². The lowest BCUT2D eigenvalue weighted by Crippen LogP contribution is -2.66. The van der Waals surface area contributed by atoms with Gasteiger partial charge in [-0.3, -0.25) is 4.79 Å². The molecule has 0 saturated carbocycles. The number of amides is 1. The number of fused-ring (bicyclic) bond motifs is 2. The summed E-state index contributed by atoms with van der Waals surface area (Å²) in [4.78, 5) is 11.2. The molecule has 21 heavy (non-hydrogen) atoms. The fraction of sp³-hybridized carbons (Fsp3) is 0.929. The third kappa shape index (κ3) is 3.54. The lowest BCUT2D eigenvalue weighted by atomic mass is 9.88. The van der Waals surface area contributed by atoms with Crippen molar-refractivity contribution in [3.8, 4) is 0 Å². The van der Waals surface area contributed by atoms with Gasteiger partial charge in [0.1, 0.15) is 23.9 Å². The van der Waals surface area contributed by atoms with Crippen LogP contribution in [0.1, 0.15) is 33.1 Å². The molecule has 7 heteroatoms. The van der Waals surface area contributed by atoms with Crippen LogP contribution >= 0.6 is 0 Å². The molecule has 2 bridgehead atoms. The molecule has 0 aliphatic carbocycles. The quantitative estimate of drug-likeness (QED) is 0.551. The van der Waals surface area contributed by atoms with Gasteiger partial charge in [-0.1, -0.05) is 19.8 Å². The van der Waals surface area contributed by atoms with E-state index < -0.39 is 30.1 Å². The fourth-order valence-corrected chi connectivity index (χ4v) is 2.77. The largest absolute Gasteiger partial charge is 0.388 e. The van der Waals surface area contributed by atoms with Crippen molar-refractivity contribution in [2.75, 3.05) is 19.8 Å². The van der Waals surface area contributed by atoms with Crippen molar-refractivity contribution in [2.45, 2.75) is 63.3 Å². The summed E-state index contributed by atoms with van der Waals surface area (Å²) in [6, 6.07) is -0.770. The van der Waals surface area contributed by atoms with Crippen LogP contribution in [0.3, 0.4) is 0 Å². The Hall–Kier alpha value is -0.730. The van der Waals surface area contributed by atoms with Crippen LogP contribution in [0.25, 0.3) is 0 Å². The molecule has 0 aromatic heterocycles. The minimum atomic E-state index is -1.17. The maximum atomic E-state index is 11.2. The van der Waals surface area contributed by atoms with Crippen LogP contribution in [0.5, 0.6) is 0 Å². The van der Waals surface area contributed by atoms with Crippen LogP contribution in [0.4, 0.5) is 0 Å². The van der Waals surface area contributed by atoms with Gasteiger partial charge in [0.2, 0.25) is 5.91 Å². The van der Waals surface area contributed by atoms with Gasteiger partial charge in [0, 0.05) is 13.5 Å². The lowest BCUT2D eigenvalue weighted by molar-refractivity contribution is -0.237. The van der Waals surface area contributed by atoms with Crippen molar-refractivity contribution < 1.29 is 29.2 Å². The highest BCUT2D eigenvalue weighted by Gasteiger charge is 2.59. The molecule has 0 radical (unpaired) electrons. The van der Waals surface area contributed by atoms with Crippen molar-refractivity contribution in [3.05, 3.63) is 0 Å². The Morgan fingerprint density at radius 1 is 1.43 bits per heavy atom. The Labute approximate surface area is 124 Å². The summed E-state index contributed by atoms with van der Waals surface area (Å²) in [6.45, 7) is 4.34. The van der Waals surface area contributed by atoms with Gasteiger partial charge in [0.05, 0.1) is 13.2 Å². The van der Waals surface area contributed by atoms with E-state index in [-0.39, 0.29) is 19.1 Å². The Balaban J connectivity index is 1.92. The zero-order valence-corrected chi connectivity index (χ0v) is 12.6. The molecule has 7 nitrogen and oxygen atoms in total. The predicted octanol–water partition coefficient (Wildman–Crippen LogP) is -0.455. The molecule has 1 amide bonds. The molecule has 0 unspecified atom stereocenters. The van der Waals surface area contributed by atoms with Gasteiger partial charge in [-0.25, -0.2) is 0 Å². The molecule has 2 aliphatic rings. The number of aliphatic hydroxyl groups excluding tert-OH is 2. The molecule has 2 aliphatic heterocycles. The second kappa shape index (κ2) is 7.02. The summed E-state index contributed by atoms with van der Waals surface area (Å²) in [7, 11) is 0. The number of nitrogens with one attached hydrogen (secondary N) is 1. The molecular weight excluding hydrogens is 278 g/mol. The molecule has 5 atom stereocenters. The normalized spacial score (nSPS) is 38.5. The third-order valence-corrected chi connectivity index (χ3v) is 3.97. The summed E-state index contributed by atoms with van der Waals surface area (Å²) in [5, 5.41) is 23.1. The van der Waals surface area contributed by atoms with Crippen molar-refractivity contribution in [1.82, 2.24) is 5.32 Å². The van der Waals surface area contributed by atoms with E-state index in [4.69, 9.17) is 14.2 Å². The first kappa shape index (κ1) is 16.6.